The summed E-state index contributed by atoms with van der Waals surface area (Å²) < 4.78 is 29.7. The van der Waals surface area contributed by atoms with Crippen LogP contribution in [0.1, 0.15) is 135 Å². The van der Waals surface area contributed by atoms with Crippen molar-refractivity contribution in [2.24, 2.45) is 0 Å². The molecule has 6 heteroatoms. The second-order valence-electron chi connectivity index (χ2n) is 9.12. The summed E-state index contributed by atoms with van der Waals surface area (Å²) in [6, 6.07) is 0. The van der Waals surface area contributed by atoms with Crippen molar-refractivity contribution in [1.82, 2.24) is 4.90 Å². The number of hydrogen-bond acceptors (Lipinski definition) is 4. The number of hydrogen-bond donors (Lipinski definition) is 1. The van der Waals surface area contributed by atoms with E-state index < -0.39 is 10.4 Å². The molecule has 0 saturated carbocycles. The van der Waals surface area contributed by atoms with Crippen LogP contribution in [0.25, 0.3) is 0 Å². The standard InChI is InChI=1S/C24H51N.CH4O4S/c1-4-5-6-7-8-9-10-11-12-13-14-15-16-17-18-19-20-21-22-23-24-25(2)3;1-5-6(2,3)4/h4-24H2,1-3H3;1H3,(H,2,3,4). The quantitative estimate of drug-likeness (QED) is 0.130. The molecule has 31 heavy (non-hydrogen) atoms. The lowest BCUT2D eigenvalue weighted by Gasteiger charge is -2.08. The zero-order valence-electron chi connectivity index (χ0n) is 21.4. The molecule has 0 aliphatic rings. The van der Waals surface area contributed by atoms with Gasteiger partial charge in [-0.2, -0.15) is 8.42 Å². The smallest absolute Gasteiger partial charge is 0.309 e. The van der Waals surface area contributed by atoms with Gasteiger partial charge >= 0.3 is 10.4 Å². The van der Waals surface area contributed by atoms with Crippen LogP contribution in [0.4, 0.5) is 0 Å². The molecular weight excluding hydrogens is 410 g/mol. The summed E-state index contributed by atoms with van der Waals surface area (Å²) >= 11 is 0. The summed E-state index contributed by atoms with van der Waals surface area (Å²) in [7, 11) is 1.06. The van der Waals surface area contributed by atoms with Gasteiger partial charge < -0.3 is 4.90 Å². The van der Waals surface area contributed by atoms with Crippen LogP contribution in [-0.4, -0.2) is 45.6 Å². The van der Waals surface area contributed by atoms with E-state index in [1.807, 2.05) is 0 Å². The first-order valence-electron chi connectivity index (χ1n) is 13.0. The van der Waals surface area contributed by atoms with E-state index in [1.165, 1.54) is 135 Å². The number of unbranched alkanes of at least 4 members (excludes halogenated alkanes) is 19. The average molecular weight is 466 g/mol. The fraction of sp³-hybridized carbons (Fsp3) is 1.00. The molecule has 0 amide bonds. The van der Waals surface area contributed by atoms with Gasteiger partial charge in [0, 0.05) is 0 Å². The summed E-state index contributed by atoms with van der Waals surface area (Å²) in [4.78, 5) is 2.30. The van der Waals surface area contributed by atoms with Gasteiger partial charge in [0.15, 0.2) is 0 Å². The summed E-state index contributed by atoms with van der Waals surface area (Å²) in [5.41, 5.74) is 0. The highest BCUT2D eigenvalue weighted by Crippen LogP contribution is 2.14. The number of rotatable bonds is 22. The van der Waals surface area contributed by atoms with Gasteiger partial charge in [-0.05, 0) is 27.1 Å². The Balaban J connectivity index is 0. The van der Waals surface area contributed by atoms with Crippen molar-refractivity contribution in [1.29, 1.82) is 0 Å². The number of nitrogens with zero attached hydrogens (tertiary/aromatic N) is 1. The minimum atomic E-state index is -4.16. The van der Waals surface area contributed by atoms with Crippen LogP contribution in [0.3, 0.4) is 0 Å². The molecule has 0 aromatic carbocycles. The van der Waals surface area contributed by atoms with Gasteiger partial charge in [-0.1, -0.05) is 129 Å². The predicted molar refractivity (Wildman–Crippen MR) is 135 cm³/mol. The monoisotopic (exact) mass is 465 g/mol. The van der Waals surface area contributed by atoms with E-state index in [9.17, 15) is 8.42 Å². The lowest BCUT2D eigenvalue weighted by molar-refractivity contribution is 0.324. The first-order chi connectivity index (χ1) is 14.8. The first-order valence-corrected chi connectivity index (χ1v) is 14.4. The van der Waals surface area contributed by atoms with Crippen LogP contribution in [0.5, 0.6) is 0 Å². The second kappa shape index (κ2) is 26.1. The van der Waals surface area contributed by atoms with Gasteiger partial charge in [-0.25, -0.2) is 0 Å². The maximum atomic E-state index is 9.33. The Labute approximate surface area is 195 Å². The van der Waals surface area contributed by atoms with E-state index in [0.29, 0.717) is 0 Å². The van der Waals surface area contributed by atoms with Crippen molar-refractivity contribution < 1.29 is 17.2 Å². The Morgan fingerprint density at radius 3 is 1.00 bits per heavy atom. The third-order valence-electron chi connectivity index (χ3n) is 5.67. The van der Waals surface area contributed by atoms with E-state index in [1.54, 1.807) is 0 Å². The second-order valence-corrected chi connectivity index (χ2v) is 10.3. The van der Waals surface area contributed by atoms with Crippen LogP contribution in [0.2, 0.25) is 0 Å². The Morgan fingerprint density at radius 2 is 0.806 bits per heavy atom. The molecule has 1 N–H and O–H groups in total. The lowest BCUT2D eigenvalue weighted by atomic mass is 10.0. The SMILES string of the molecule is CCCCCCCCCCCCCCCCCCCCCCN(C)C.COS(=O)(=O)O. The van der Waals surface area contributed by atoms with Gasteiger partial charge in [0.25, 0.3) is 0 Å². The van der Waals surface area contributed by atoms with Crippen LogP contribution in [0.15, 0.2) is 0 Å². The van der Waals surface area contributed by atoms with Crippen LogP contribution in [0, 0.1) is 0 Å². The van der Waals surface area contributed by atoms with Crippen LogP contribution >= 0.6 is 0 Å². The molecule has 0 unspecified atom stereocenters. The Morgan fingerprint density at radius 1 is 0.581 bits per heavy atom. The van der Waals surface area contributed by atoms with Crippen molar-refractivity contribution in [3.8, 4) is 0 Å². The fourth-order valence-electron chi connectivity index (χ4n) is 3.68. The molecule has 5 nitrogen and oxygen atoms in total. The third-order valence-corrected chi connectivity index (χ3v) is 6.09. The molecule has 0 aliphatic heterocycles. The average Bonchev–Trinajstić information content (AvgIpc) is 2.72. The van der Waals surface area contributed by atoms with Crippen LogP contribution in [-0.2, 0) is 14.6 Å². The van der Waals surface area contributed by atoms with Crippen molar-refractivity contribution in [3.63, 3.8) is 0 Å². The highest BCUT2D eigenvalue weighted by atomic mass is 32.3. The Bertz CT molecular complexity index is 427. The molecule has 0 atom stereocenters. The lowest BCUT2D eigenvalue weighted by Crippen LogP contribution is -2.12. The summed E-state index contributed by atoms with van der Waals surface area (Å²) in [6.45, 7) is 3.56. The molecule has 0 aliphatic carbocycles. The highest BCUT2D eigenvalue weighted by Gasteiger charge is 1.96. The normalized spacial score (nSPS) is 11.5. The van der Waals surface area contributed by atoms with Gasteiger partial charge in [0.1, 0.15) is 0 Å². The molecule has 0 bridgehead atoms. The Kier molecular flexibility index (Phi) is 27.8. The summed E-state index contributed by atoms with van der Waals surface area (Å²) in [6.07, 6.45) is 29.3. The van der Waals surface area contributed by atoms with E-state index >= 15 is 0 Å². The third kappa shape index (κ3) is 37.5. The largest absolute Gasteiger partial charge is 0.397 e. The topological polar surface area (TPSA) is 66.8 Å². The first kappa shape index (κ1) is 33.0. The van der Waals surface area contributed by atoms with Gasteiger partial charge in [0.2, 0.25) is 0 Å². The molecule has 0 saturated heterocycles. The van der Waals surface area contributed by atoms with E-state index in [4.69, 9.17) is 4.55 Å². The maximum absolute atomic E-state index is 9.33. The van der Waals surface area contributed by atoms with Gasteiger partial charge in [-0.3, -0.25) is 8.74 Å². The zero-order valence-corrected chi connectivity index (χ0v) is 22.2. The van der Waals surface area contributed by atoms with Gasteiger partial charge in [0.05, 0.1) is 7.11 Å². The maximum Gasteiger partial charge on any atom is 0.397 e. The van der Waals surface area contributed by atoms with Crippen molar-refractivity contribution in [3.05, 3.63) is 0 Å². The molecule has 0 rings (SSSR count). The van der Waals surface area contributed by atoms with Crippen LogP contribution < -0.4 is 0 Å². The summed E-state index contributed by atoms with van der Waals surface area (Å²) in [5, 5.41) is 0. The Hall–Kier alpha value is -0.170. The van der Waals surface area contributed by atoms with Crippen molar-refractivity contribution >= 4 is 10.4 Å². The summed E-state index contributed by atoms with van der Waals surface area (Å²) in [5.74, 6) is 0. The molecule has 0 aromatic heterocycles. The molecule has 190 valence electrons. The van der Waals surface area contributed by atoms with Crippen molar-refractivity contribution in [2.45, 2.75) is 135 Å². The minimum Gasteiger partial charge on any atom is -0.309 e. The molecule has 0 spiro atoms. The van der Waals surface area contributed by atoms with E-state index in [2.05, 4.69) is 30.1 Å². The highest BCUT2D eigenvalue weighted by molar-refractivity contribution is 7.80. The molecule has 0 radical (unpaired) electrons. The van der Waals surface area contributed by atoms with E-state index in [-0.39, 0.29) is 0 Å². The zero-order chi connectivity index (χ0) is 23.6. The molecular formula is C25H55NO4S. The molecule has 0 heterocycles. The molecule has 0 aromatic rings. The predicted octanol–water partition coefficient (Wildman–Crippen LogP) is 7.81. The fourth-order valence-corrected chi connectivity index (χ4v) is 3.68. The van der Waals surface area contributed by atoms with Gasteiger partial charge in [-0.15, -0.1) is 0 Å². The van der Waals surface area contributed by atoms with Crippen molar-refractivity contribution in [2.75, 3.05) is 27.7 Å². The minimum absolute atomic E-state index is 0.870. The van der Waals surface area contributed by atoms with E-state index in [0.717, 1.165) is 7.11 Å². The molecule has 0 fully saturated rings.